The Hall–Kier alpha value is -1.29. The molecule has 0 saturated carbocycles. The van der Waals surface area contributed by atoms with Crippen LogP contribution in [0.5, 0.6) is 0 Å². The molecule has 1 N–H and O–H groups in total. The molecule has 1 saturated heterocycles. The number of nitrogens with zero attached hydrogens (tertiary/aromatic N) is 3. The van der Waals surface area contributed by atoms with Crippen LogP contribution in [-0.2, 0) is 0 Å². The summed E-state index contributed by atoms with van der Waals surface area (Å²) in [5.74, 6) is 0.997. The molecule has 94 valence electrons. The van der Waals surface area contributed by atoms with Crippen molar-refractivity contribution in [1.29, 1.82) is 0 Å². The molecule has 4 heteroatoms. The Morgan fingerprint density at radius 1 is 1.41 bits per heavy atom. The minimum absolute atomic E-state index is 0.556. The Labute approximate surface area is 104 Å². The van der Waals surface area contributed by atoms with Gasteiger partial charge in [-0.1, -0.05) is 0 Å². The van der Waals surface area contributed by atoms with E-state index in [4.69, 9.17) is 0 Å². The number of anilines is 2. The monoisotopic (exact) mass is 234 g/mol. The van der Waals surface area contributed by atoms with E-state index in [0.717, 1.165) is 18.1 Å². The fraction of sp³-hybridized carbons (Fsp3) is 0.615. The van der Waals surface area contributed by atoms with Crippen LogP contribution in [-0.4, -0.2) is 50.2 Å². The van der Waals surface area contributed by atoms with Crippen LogP contribution in [0.2, 0.25) is 0 Å². The summed E-state index contributed by atoms with van der Waals surface area (Å²) in [6.07, 6.45) is 4.45. The molecule has 1 aliphatic heterocycles. The van der Waals surface area contributed by atoms with Gasteiger partial charge in [-0.2, -0.15) is 0 Å². The maximum Gasteiger partial charge on any atom is 0.128 e. The summed E-state index contributed by atoms with van der Waals surface area (Å²) in [6.45, 7) is 2.34. The third-order valence-electron chi connectivity index (χ3n) is 3.20. The van der Waals surface area contributed by atoms with E-state index in [-0.39, 0.29) is 0 Å². The molecule has 1 aromatic rings. The second kappa shape index (κ2) is 5.36. The SMILES string of the molecule is CN1CCCC(Nc2ccc(N(C)C)nc2)C1. The van der Waals surface area contributed by atoms with Crippen LogP contribution in [0.25, 0.3) is 0 Å². The summed E-state index contributed by atoms with van der Waals surface area (Å²) in [5.41, 5.74) is 1.12. The number of rotatable bonds is 3. The lowest BCUT2D eigenvalue weighted by Crippen LogP contribution is -2.39. The molecule has 0 aliphatic carbocycles. The Balaban J connectivity index is 1.94. The molecule has 0 aromatic carbocycles. The lowest BCUT2D eigenvalue weighted by Gasteiger charge is -2.30. The Kier molecular flexibility index (Phi) is 3.84. The topological polar surface area (TPSA) is 31.4 Å². The third-order valence-corrected chi connectivity index (χ3v) is 3.20. The van der Waals surface area contributed by atoms with Crippen LogP contribution in [0, 0.1) is 0 Å². The quantitative estimate of drug-likeness (QED) is 0.862. The average molecular weight is 234 g/mol. The van der Waals surface area contributed by atoms with Gasteiger partial charge in [0.1, 0.15) is 5.82 Å². The highest BCUT2D eigenvalue weighted by Gasteiger charge is 2.16. The number of piperidine rings is 1. The van der Waals surface area contributed by atoms with Crippen LogP contribution in [0.3, 0.4) is 0 Å². The summed E-state index contributed by atoms with van der Waals surface area (Å²) in [5, 5.41) is 3.55. The molecule has 0 amide bonds. The second-order valence-corrected chi connectivity index (χ2v) is 5.05. The van der Waals surface area contributed by atoms with Crippen LogP contribution in [0.15, 0.2) is 18.3 Å². The zero-order chi connectivity index (χ0) is 12.3. The fourth-order valence-corrected chi connectivity index (χ4v) is 2.26. The molecular weight excluding hydrogens is 212 g/mol. The van der Waals surface area contributed by atoms with Gasteiger partial charge in [-0.05, 0) is 38.6 Å². The first kappa shape index (κ1) is 12.2. The number of pyridine rings is 1. The molecule has 0 radical (unpaired) electrons. The van der Waals surface area contributed by atoms with Gasteiger partial charge < -0.3 is 15.1 Å². The number of aromatic nitrogens is 1. The maximum absolute atomic E-state index is 4.41. The highest BCUT2D eigenvalue weighted by atomic mass is 15.1. The summed E-state index contributed by atoms with van der Waals surface area (Å²) in [4.78, 5) is 8.80. The van der Waals surface area contributed by atoms with Gasteiger partial charge in [0.05, 0.1) is 11.9 Å². The molecule has 0 spiro atoms. The van der Waals surface area contributed by atoms with E-state index in [2.05, 4.69) is 34.4 Å². The Bertz CT molecular complexity index is 347. The highest BCUT2D eigenvalue weighted by molar-refractivity contribution is 5.48. The minimum Gasteiger partial charge on any atom is -0.380 e. The molecule has 1 aromatic heterocycles. The maximum atomic E-state index is 4.41. The van der Waals surface area contributed by atoms with E-state index < -0.39 is 0 Å². The summed E-state index contributed by atoms with van der Waals surface area (Å²) >= 11 is 0. The van der Waals surface area contributed by atoms with Crippen LogP contribution < -0.4 is 10.2 Å². The highest BCUT2D eigenvalue weighted by Crippen LogP contribution is 2.16. The number of likely N-dealkylation sites (tertiary alicyclic amines) is 1. The molecular formula is C13H22N4. The molecule has 17 heavy (non-hydrogen) atoms. The predicted molar refractivity (Wildman–Crippen MR) is 72.7 cm³/mol. The minimum atomic E-state index is 0.556. The average Bonchev–Trinajstić information content (AvgIpc) is 2.29. The third kappa shape index (κ3) is 3.33. The Morgan fingerprint density at radius 2 is 2.24 bits per heavy atom. The van der Waals surface area contributed by atoms with Gasteiger partial charge in [0, 0.05) is 26.7 Å². The van der Waals surface area contributed by atoms with Crippen molar-refractivity contribution >= 4 is 11.5 Å². The van der Waals surface area contributed by atoms with Crippen molar-refractivity contribution in [3.63, 3.8) is 0 Å². The molecule has 1 atom stereocenters. The Morgan fingerprint density at radius 3 is 2.82 bits per heavy atom. The van der Waals surface area contributed by atoms with Crippen molar-refractivity contribution in [1.82, 2.24) is 9.88 Å². The van der Waals surface area contributed by atoms with Crippen molar-refractivity contribution in [2.75, 3.05) is 44.4 Å². The molecule has 2 heterocycles. The van der Waals surface area contributed by atoms with Crippen molar-refractivity contribution in [3.05, 3.63) is 18.3 Å². The van der Waals surface area contributed by atoms with E-state index in [1.807, 2.05) is 25.2 Å². The van der Waals surface area contributed by atoms with Crippen molar-refractivity contribution in [2.45, 2.75) is 18.9 Å². The molecule has 4 nitrogen and oxygen atoms in total. The second-order valence-electron chi connectivity index (χ2n) is 5.05. The van der Waals surface area contributed by atoms with Crippen molar-refractivity contribution in [2.24, 2.45) is 0 Å². The lowest BCUT2D eigenvalue weighted by atomic mass is 10.1. The number of hydrogen-bond donors (Lipinski definition) is 1. The molecule has 0 bridgehead atoms. The van der Waals surface area contributed by atoms with Crippen LogP contribution in [0.1, 0.15) is 12.8 Å². The fourth-order valence-electron chi connectivity index (χ4n) is 2.26. The first-order valence-electron chi connectivity index (χ1n) is 6.23. The van der Waals surface area contributed by atoms with Gasteiger partial charge in [-0.25, -0.2) is 4.98 Å². The van der Waals surface area contributed by atoms with Crippen molar-refractivity contribution in [3.8, 4) is 0 Å². The smallest absolute Gasteiger partial charge is 0.128 e. The molecule has 1 unspecified atom stereocenters. The zero-order valence-corrected chi connectivity index (χ0v) is 11.0. The van der Waals surface area contributed by atoms with Crippen LogP contribution >= 0.6 is 0 Å². The van der Waals surface area contributed by atoms with Gasteiger partial charge in [-0.3, -0.25) is 0 Å². The first-order valence-corrected chi connectivity index (χ1v) is 6.23. The van der Waals surface area contributed by atoms with E-state index >= 15 is 0 Å². The van der Waals surface area contributed by atoms with Gasteiger partial charge in [0.25, 0.3) is 0 Å². The number of hydrogen-bond acceptors (Lipinski definition) is 4. The number of likely N-dealkylation sites (N-methyl/N-ethyl adjacent to an activating group) is 1. The van der Waals surface area contributed by atoms with E-state index in [1.54, 1.807) is 0 Å². The van der Waals surface area contributed by atoms with E-state index in [0.29, 0.717) is 6.04 Å². The van der Waals surface area contributed by atoms with E-state index in [1.165, 1.54) is 19.4 Å². The summed E-state index contributed by atoms with van der Waals surface area (Å²) in [6, 6.07) is 4.71. The number of nitrogens with one attached hydrogen (secondary N) is 1. The zero-order valence-electron chi connectivity index (χ0n) is 11.0. The standard InChI is InChI=1S/C13H22N4/c1-16(2)13-7-6-11(9-14-13)15-12-5-4-8-17(3)10-12/h6-7,9,12,15H,4-5,8,10H2,1-3H3. The molecule has 1 aliphatic rings. The lowest BCUT2D eigenvalue weighted by molar-refractivity contribution is 0.261. The van der Waals surface area contributed by atoms with Gasteiger partial charge in [-0.15, -0.1) is 0 Å². The van der Waals surface area contributed by atoms with Gasteiger partial charge in [0.15, 0.2) is 0 Å². The largest absolute Gasteiger partial charge is 0.380 e. The first-order chi connectivity index (χ1) is 8.15. The van der Waals surface area contributed by atoms with E-state index in [9.17, 15) is 0 Å². The molecule has 1 fully saturated rings. The molecule has 2 rings (SSSR count). The normalized spacial score (nSPS) is 21.2. The summed E-state index contributed by atoms with van der Waals surface area (Å²) in [7, 11) is 6.19. The predicted octanol–water partition coefficient (Wildman–Crippen LogP) is 1.65. The van der Waals surface area contributed by atoms with Gasteiger partial charge in [0.2, 0.25) is 0 Å². The van der Waals surface area contributed by atoms with Gasteiger partial charge >= 0.3 is 0 Å². The summed E-state index contributed by atoms with van der Waals surface area (Å²) < 4.78 is 0. The van der Waals surface area contributed by atoms with Crippen LogP contribution in [0.4, 0.5) is 11.5 Å². The van der Waals surface area contributed by atoms with Crippen molar-refractivity contribution < 1.29 is 0 Å².